The van der Waals surface area contributed by atoms with E-state index in [0.717, 1.165) is 6.54 Å². The summed E-state index contributed by atoms with van der Waals surface area (Å²) >= 11 is 0. The van der Waals surface area contributed by atoms with E-state index in [0.29, 0.717) is 0 Å². The zero-order valence-electron chi connectivity index (χ0n) is 5.69. The zero-order valence-corrected chi connectivity index (χ0v) is 6.51. The highest BCUT2D eigenvalue weighted by molar-refractivity contribution is 5.85. The minimum Gasteiger partial charge on any atom is -0.323 e. The highest BCUT2D eigenvalue weighted by Gasteiger charge is 1.50. The van der Waals surface area contributed by atoms with Gasteiger partial charge in [-0.15, -0.1) is 12.4 Å². The molecular formula is C4H16ClN3. The Kier molecular flexibility index (Phi) is 53.4. The van der Waals surface area contributed by atoms with Crippen molar-refractivity contribution >= 4 is 12.4 Å². The minimum atomic E-state index is 0. The Balaban J connectivity index is -0.0000000575. The van der Waals surface area contributed by atoms with E-state index in [1.54, 1.807) is 0 Å². The number of hydrogen-bond acceptors (Lipinski definition) is 3. The van der Waals surface area contributed by atoms with Gasteiger partial charge in [0.05, 0.1) is 0 Å². The molecular weight excluding hydrogens is 126 g/mol. The second-order valence-electron chi connectivity index (χ2n) is 1.06. The van der Waals surface area contributed by atoms with E-state index in [2.05, 4.69) is 10.7 Å². The van der Waals surface area contributed by atoms with E-state index in [-0.39, 0.29) is 12.4 Å². The molecule has 0 aromatic carbocycles. The van der Waals surface area contributed by atoms with Crippen LogP contribution in [0.15, 0.2) is 0 Å². The van der Waals surface area contributed by atoms with Crippen molar-refractivity contribution in [3.05, 3.63) is 0 Å². The summed E-state index contributed by atoms with van der Waals surface area (Å²) in [5.74, 6) is 4.78. The summed E-state index contributed by atoms with van der Waals surface area (Å²) in [7, 11) is 3.75. The fourth-order valence-corrected chi connectivity index (χ4v) is 0. The third kappa shape index (κ3) is 120. The fraction of sp³-hybridized carbons (Fsp3) is 1.00. The van der Waals surface area contributed by atoms with E-state index >= 15 is 0 Å². The molecule has 0 rings (SSSR count). The van der Waals surface area contributed by atoms with Crippen LogP contribution in [-0.4, -0.2) is 20.6 Å². The second-order valence-corrected chi connectivity index (χ2v) is 1.06. The Hall–Kier alpha value is 0.170. The van der Waals surface area contributed by atoms with Gasteiger partial charge in [-0.3, -0.25) is 11.3 Å². The van der Waals surface area contributed by atoms with Crippen molar-refractivity contribution in [2.24, 2.45) is 5.84 Å². The SMILES string of the molecule is CCNN.CNC.Cl. The Bertz CT molecular complexity index is 18.8. The predicted octanol–water partition coefficient (Wildman–Crippen LogP) is -0.273. The smallest absolute Gasteiger partial charge is 0.00689 e. The summed E-state index contributed by atoms with van der Waals surface area (Å²) in [6, 6.07) is 0. The second kappa shape index (κ2) is 27.2. The molecule has 0 unspecified atom stereocenters. The predicted molar refractivity (Wildman–Crippen MR) is 40.1 cm³/mol. The van der Waals surface area contributed by atoms with Gasteiger partial charge in [-0.25, -0.2) is 0 Å². The van der Waals surface area contributed by atoms with Crippen molar-refractivity contribution in [1.29, 1.82) is 0 Å². The van der Waals surface area contributed by atoms with Crippen LogP contribution in [0.2, 0.25) is 0 Å². The van der Waals surface area contributed by atoms with Gasteiger partial charge in [0.2, 0.25) is 0 Å². The van der Waals surface area contributed by atoms with Crippen molar-refractivity contribution in [2.75, 3.05) is 20.6 Å². The van der Waals surface area contributed by atoms with Crippen LogP contribution in [0.4, 0.5) is 0 Å². The first-order chi connectivity index (χ1) is 3.33. The third-order valence-corrected chi connectivity index (χ3v) is 0.204. The largest absolute Gasteiger partial charge is 0.323 e. The lowest BCUT2D eigenvalue weighted by Gasteiger charge is -1.77. The average Bonchev–Trinajstić information content (AvgIpc) is 1.69. The van der Waals surface area contributed by atoms with E-state index in [1.807, 2.05) is 21.0 Å². The molecule has 0 atom stereocenters. The molecule has 0 bridgehead atoms. The summed E-state index contributed by atoms with van der Waals surface area (Å²) in [5, 5.41) is 2.75. The van der Waals surface area contributed by atoms with Crippen molar-refractivity contribution < 1.29 is 0 Å². The molecule has 0 radical (unpaired) electrons. The molecule has 4 N–H and O–H groups in total. The van der Waals surface area contributed by atoms with Gasteiger partial charge in [-0.05, 0) is 14.1 Å². The summed E-state index contributed by atoms with van der Waals surface area (Å²) < 4.78 is 0. The molecule has 0 aliphatic rings. The van der Waals surface area contributed by atoms with Crippen molar-refractivity contribution in [2.45, 2.75) is 6.92 Å². The minimum absolute atomic E-state index is 0. The first-order valence-electron chi connectivity index (χ1n) is 2.35. The number of nitrogens with one attached hydrogen (secondary N) is 2. The molecule has 8 heavy (non-hydrogen) atoms. The number of hydrazine groups is 1. The van der Waals surface area contributed by atoms with Crippen LogP contribution in [0.3, 0.4) is 0 Å². The van der Waals surface area contributed by atoms with Crippen molar-refractivity contribution in [3.63, 3.8) is 0 Å². The molecule has 0 spiro atoms. The number of rotatable bonds is 1. The molecule has 0 saturated carbocycles. The van der Waals surface area contributed by atoms with Gasteiger partial charge in [0.1, 0.15) is 0 Å². The highest BCUT2D eigenvalue weighted by atomic mass is 35.5. The van der Waals surface area contributed by atoms with Gasteiger partial charge in [0, 0.05) is 6.54 Å². The van der Waals surface area contributed by atoms with E-state index in [4.69, 9.17) is 5.84 Å². The molecule has 0 aromatic heterocycles. The summed E-state index contributed by atoms with van der Waals surface area (Å²) in [5.41, 5.74) is 2.43. The van der Waals surface area contributed by atoms with Crippen LogP contribution in [0.25, 0.3) is 0 Å². The Morgan fingerprint density at radius 2 is 1.50 bits per heavy atom. The van der Waals surface area contributed by atoms with Gasteiger partial charge in [-0.2, -0.15) is 0 Å². The molecule has 0 saturated heterocycles. The molecule has 4 heteroatoms. The maximum atomic E-state index is 4.78. The molecule has 0 fully saturated rings. The Labute approximate surface area is 57.4 Å². The lowest BCUT2D eigenvalue weighted by Crippen LogP contribution is -2.20. The molecule has 54 valence electrons. The Morgan fingerprint density at radius 1 is 1.38 bits per heavy atom. The van der Waals surface area contributed by atoms with Crippen LogP contribution in [0, 0.1) is 0 Å². The zero-order chi connectivity index (χ0) is 6.12. The van der Waals surface area contributed by atoms with Crippen LogP contribution in [0.1, 0.15) is 6.92 Å². The molecule has 0 aliphatic carbocycles. The maximum Gasteiger partial charge on any atom is 0.00689 e. The average molecular weight is 142 g/mol. The lowest BCUT2D eigenvalue weighted by molar-refractivity contribution is 0.781. The quantitative estimate of drug-likeness (QED) is 0.348. The molecule has 0 aromatic rings. The number of halogens is 1. The van der Waals surface area contributed by atoms with E-state index in [9.17, 15) is 0 Å². The van der Waals surface area contributed by atoms with Crippen LogP contribution in [0.5, 0.6) is 0 Å². The summed E-state index contributed by atoms with van der Waals surface area (Å²) in [6.45, 7) is 2.79. The normalized spacial score (nSPS) is 6.00. The van der Waals surface area contributed by atoms with Gasteiger partial charge >= 0.3 is 0 Å². The summed E-state index contributed by atoms with van der Waals surface area (Å²) in [6.07, 6.45) is 0. The highest BCUT2D eigenvalue weighted by Crippen LogP contribution is 1.30. The number of nitrogens with two attached hydrogens (primary N) is 1. The standard InChI is InChI=1S/C2H8N2.C2H7N.ClH/c1-2-4-3;1-3-2;/h4H,2-3H2,1H3;3H,1-2H3;1H. The summed E-state index contributed by atoms with van der Waals surface area (Å²) in [4.78, 5) is 0. The lowest BCUT2D eigenvalue weighted by atomic mass is 10.8. The van der Waals surface area contributed by atoms with Crippen LogP contribution >= 0.6 is 12.4 Å². The maximum absolute atomic E-state index is 4.78. The third-order valence-electron chi connectivity index (χ3n) is 0.204. The molecule has 3 nitrogen and oxygen atoms in total. The van der Waals surface area contributed by atoms with Gasteiger partial charge in [0.15, 0.2) is 0 Å². The first-order valence-corrected chi connectivity index (χ1v) is 2.35. The monoisotopic (exact) mass is 141 g/mol. The van der Waals surface area contributed by atoms with Crippen molar-refractivity contribution in [1.82, 2.24) is 10.7 Å². The van der Waals surface area contributed by atoms with E-state index < -0.39 is 0 Å². The topological polar surface area (TPSA) is 50.1 Å². The Morgan fingerprint density at radius 3 is 1.50 bits per heavy atom. The molecule has 0 heterocycles. The van der Waals surface area contributed by atoms with Crippen LogP contribution < -0.4 is 16.6 Å². The van der Waals surface area contributed by atoms with E-state index in [1.165, 1.54) is 0 Å². The van der Waals surface area contributed by atoms with Crippen LogP contribution in [-0.2, 0) is 0 Å². The van der Waals surface area contributed by atoms with Gasteiger partial charge in [-0.1, -0.05) is 6.92 Å². The number of hydrogen-bond donors (Lipinski definition) is 3. The molecule has 0 aliphatic heterocycles. The van der Waals surface area contributed by atoms with Crippen molar-refractivity contribution in [3.8, 4) is 0 Å². The van der Waals surface area contributed by atoms with Gasteiger partial charge in [0.25, 0.3) is 0 Å². The first kappa shape index (κ1) is 15.7. The molecule has 0 amide bonds. The fourth-order valence-electron chi connectivity index (χ4n) is 0. The van der Waals surface area contributed by atoms with Gasteiger partial charge < -0.3 is 5.32 Å².